The van der Waals surface area contributed by atoms with Crippen LogP contribution in [-0.2, 0) is 0 Å². The molecular formula is C23H43N7. The summed E-state index contributed by atoms with van der Waals surface area (Å²) in [6, 6.07) is 0.511. The molecule has 0 aliphatic carbocycles. The van der Waals surface area contributed by atoms with Crippen molar-refractivity contribution in [2.75, 3.05) is 14.1 Å². The fourth-order valence-electron chi connectivity index (χ4n) is 3.01. The normalized spacial score (nSPS) is 16.2. The fourth-order valence-corrected chi connectivity index (χ4v) is 3.01. The Bertz CT molecular complexity index is 678. The van der Waals surface area contributed by atoms with E-state index in [0.29, 0.717) is 23.4 Å². The quantitative estimate of drug-likeness (QED) is 0.195. The van der Waals surface area contributed by atoms with Gasteiger partial charge in [-0.2, -0.15) is 0 Å². The van der Waals surface area contributed by atoms with Gasteiger partial charge in [0.15, 0.2) is 0 Å². The van der Waals surface area contributed by atoms with Crippen molar-refractivity contribution in [2.24, 2.45) is 32.2 Å². The molecule has 7 heteroatoms. The van der Waals surface area contributed by atoms with Crippen LogP contribution in [0.2, 0.25) is 0 Å². The van der Waals surface area contributed by atoms with Crippen molar-refractivity contribution < 1.29 is 0 Å². The van der Waals surface area contributed by atoms with E-state index in [1.807, 2.05) is 7.05 Å². The molecule has 1 atom stereocenters. The Morgan fingerprint density at radius 2 is 1.67 bits per heavy atom. The molecule has 30 heavy (non-hydrogen) atoms. The van der Waals surface area contributed by atoms with Crippen LogP contribution in [0.1, 0.15) is 72.6 Å². The van der Waals surface area contributed by atoms with E-state index in [-0.39, 0.29) is 0 Å². The minimum absolute atomic E-state index is 0.380. The molecule has 0 unspecified atom stereocenters. The predicted molar refractivity (Wildman–Crippen MR) is 133 cm³/mol. The van der Waals surface area contributed by atoms with Gasteiger partial charge in [0, 0.05) is 36.1 Å². The van der Waals surface area contributed by atoms with Gasteiger partial charge in [0.05, 0.1) is 0 Å². The molecule has 0 aliphatic rings. The third kappa shape index (κ3) is 11.6. The van der Waals surface area contributed by atoms with Crippen molar-refractivity contribution in [2.45, 2.75) is 78.7 Å². The van der Waals surface area contributed by atoms with Crippen molar-refractivity contribution >= 4 is 18.0 Å². The highest BCUT2D eigenvalue weighted by Crippen LogP contribution is 2.19. The van der Waals surface area contributed by atoms with E-state index in [9.17, 15) is 0 Å². The summed E-state index contributed by atoms with van der Waals surface area (Å²) in [4.78, 5) is 12.5. The number of hydrogen-bond acceptors (Lipinski definition) is 4. The van der Waals surface area contributed by atoms with Gasteiger partial charge in [-0.15, -0.1) is 0 Å². The van der Waals surface area contributed by atoms with Crippen molar-refractivity contribution in [1.29, 1.82) is 0 Å². The smallest absolute Gasteiger partial charge is 0.131 e. The molecule has 7 N–H and O–H groups in total. The average Bonchev–Trinajstić information content (AvgIpc) is 2.72. The van der Waals surface area contributed by atoms with E-state index in [2.05, 4.69) is 47.1 Å². The number of hydrogen-bond donors (Lipinski definition) is 4. The fraction of sp³-hybridized carbons (Fsp3) is 0.609. The maximum atomic E-state index is 6.35. The Morgan fingerprint density at radius 3 is 2.20 bits per heavy atom. The number of rotatable bonds is 14. The zero-order valence-corrected chi connectivity index (χ0v) is 19.8. The summed E-state index contributed by atoms with van der Waals surface area (Å²) in [6.07, 6.45) is 12.4. The number of nitrogens with one attached hydrogen (secondary N) is 1. The van der Waals surface area contributed by atoms with Crippen LogP contribution in [0.15, 0.2) is 49.7 Å². The van der Waals surface area contributed by atoms with Gasteiger partial charge in [0.25, 0.3) is 0 Å². The first-order chi connectivity index (χ1) is 14.3. The zero-order chi connectivity index (χ0) is 22.9. The summed E-state index contributed by atoms with van der Waals surface area (Å²) >= 11 is 0. The summed E-state index contributed by atoms with van der Waals surface area (Å²) in [5.41, 5.74) is 21.8. The molecule has 7 nitrogen and oxygen atoms in total. The first-order valence-electron chi connectivity index (χ1n) is 10.9. The van der Waals surface area contributed by atoms with Crippen LogP contribution in [0.4, 0.5) is 0 Å². The first-order valence-corrected chi connectivity index (χ1v) is 10.9. The van der Waals surface area contributed by atoms with Gasteiger partial charge < -0.3 is 22.5 Å². The highest BCUT2D eigenvalue weighted by Gasteiger charge is 2.13. The number of allylic oxidation sites excluding steroid dienone is 2. The van der Waals surface area contributed by atoms with Crippen LogP contribution in [-0.4, -0.2) is 38.1 Å². The Balaban J connectivity index is 6.06. The Morgan fingerprint density at radius 1 is 0.967 bits per heavy atom. The second-order valence-electron chi connectivity index (χ2n) is 7.57. The lowest BCUT2D eigenvalue weighted by Gasteiger charge is -2.17. The third-order valence-electron chi connectivity index (χ3n) is 4.72. The molecule has 0 heterocycles. The summed E-state index contributed by atoms with van der Waals surface area (Å²) in [6.45, 7) is 8.21. The van der Waals surface area contributed by atoms with Gasteiger partial charge in [-0.05, 0) is 46.6 Å². The molecule has 0 bridgehead atoms. The van der Waals surface area contributed by atoms with Gasteiger partial charge in [-0.3, -0.25) is 4.99 Å². The van der Waals surface area contributed by atoms with Crippen LogP contribution in [0, 0.1) is 0 Å². The predicted octanol–water partition coefficient (Wildman–Crippen LogP) is 3.78. The lowest BCUT2D eigenvalue weighted by molar-refractivity contribution is 0.471. The van der Waals surface area contributed by atoms with Crippen LogP contribution in [0.5, 0.6) is 0 Å². The SMILES string of the molecule is CCCC[C@H](CC/C(C)=C/C(C(/N)=N/C=C(\C)N)=C(\CCC)C(N)=NC=NC)NC. The van der Waals surface area contributed by atoms with Crippen molar-refractivity contribution in [3.8, 4) is 0 Å². The standard InChI is InChI=1S/C23H43N7/c1-7-9-11-19(28-6)13-12-17(3)14-21(23(26)29-15-18(4)24)20(10-8-2)22(25)30-16-27-5/h14-16,19,28H,7-13,24H2,1-6H3,(H2,26,29)(H2,25,27,30)/b17-14+,18-15+,21-20-/t19-/m1/s1. The molecule has 0 aromatic rings. The second kappa shape index (κ2) is 16.4. The van der Waals surface area contributed by atoms with Crippen LogP contribution in [0.25, 0.3) is 0 Å². The summed E-state index contributed by atoms with van der Waals surface area (Å²) in [5.74, 6) is 0.787. The van der Waals surface area contributed by atoms with E-state index in [0.717, 1.165) is 36.8 Å². The Hall–Kier alpha value is -2.41. The number of amidine groups is 2. The molecule has 0 fully saturated rings. The van der Waals surface area contributed by atoms with Crippen molar-refractivity contribution in [3.05, 3.63) is 34.7 Å². The maximum Gasteiger partial charge on any atom is 0.131 e. The molecule has 0 saturated heterocycles. The molecular weight excluding hydrogens is 374 g/mol. The van der Waals surface area contributed by atoms with Gasteiger partial charge in [0.2, 0.25) is 0 Å². The molecule has 0 rings (SSSR count). The van der Waals surface area contributed by atoms with Gasteiger partial charge in [-0.1, -0.05) is 44.8 Å². The lowest BCUT2D eigenvalue weighted by atomic mass is 9.96. The van der Waals surface area contributed by atoms with E-state index in [1.165, 1.54) is 31.2 Å². The number of aliphatic imine (C=N–C) groups is 3. The Kier molecular flexibility index (Phi) is 15.1. The molecule has 0 radical (unpaired) electrons. The molecule has 0 saturated carbocycles. The minimum atomic E-state index is 0.380. The van der Waals surface area contributed by atoms with E-state index >= 15 is 0 Å². The van der Waals surface area contributed by atoms with Crippen LogP contribution < -0.4 is 22.5 Å². The molecule has 0 aromatic heterocycles. The van der Waals surface area contributed by atoms with E-state index in [1.54, 1.807) is 20.2 Å². The van der Waals surface area contributed by atoms with Crippen molar-refractivity contribution in [1.82, 2.24) is 5.32 Å². The summed E-state index contributed by atoms with van der Waals surface area (Å²) in [7, 11) is 3.69. The zero-order valence-electron chi connectivity index (χ0n) is 19.8. The first kappa shape index (κ1) is 27.6. The summed E-state index contributed by atoms with van der Waals surface area (Å²) in [5, 5.41) is 3.42. The maximum absolute atomic E-state index is 6.35. The largest absolute Gasteiger partial charge is 0.401 e. The molecule has 0 aliphatic heterocycles. The monoisotopic (exact) mass is 417 g/mol. The van der Waals surface area contributed by atoms with Gasteiger partial charge >= 0.3 is 0 Å². The number of unbranched alkanes of at least 4 members (excludes halogenated alkanes) is 1. The highest BCUT2D eigenvalue weighted by molar-refractivity contribution is 6.11. The second-order valence-corrected chi connectivity index (χ2v) is 7.57. The van der Waals surface area contributed by atoms with Crippen LogP contribution >= 0.6 is 0 Å². The third-order valence-corrected chi connectivity index (χ3v) is 4.72. The molecule has 0 spiro atoms. The molecule has 0 aromatic carbocycles. The summed E-state index contributed by atoms with van der Waals surface area (Å²) < 4.78 is 0. The van der Waals surface area contributed by atoms with E-state index in [4.69, 9.17) is 17.2 Å². The molecule has 170 valence electrons. The Labute approximate surface area is 183 Å². The topological polar surface area (TPSA) is 127 Å². The van der Waals surface area contributed by atoms with Gasteiger partial charge in [-0.25, -0.2) is 9.98 Å². The van der Waals surface area contributed by atoms with Gasteiger partial charge in [0.1, 0.15) is 18.0 Å². The highest BCUT2D eigenvalue weighted by atomic mass is 14.9. The molecule has 0 amide bonds. The number of nitrogens with zero attached hydrogens (tertiary/aromatic N) is 3. The van der Waals surface area contributed by atoms with Crippen LogP contribution in [0.3, 0.4) is 0 Å². The number of nitrogens with two attached hydrogens (primary N) is 3. The lowest BCUT2D eigenvalue weighted by Crippen LogP contribution is -2.25. The minimum Gasteiger partial charge on any atom is -0.401 e. The average molecular weight is 418 g/mol. The van der Waals surface area contributed by atoms with E-state index < -0.39 is 0 Å². The van der Waals surface area contributed by atoms with Crippen molar-refractivity contribution in [3.63, 3.8) is 0 Å².